The third-order valence-corrected chi connectivity index (χ3v) is 2.53. The Kier molecular flexibility index (Phi) is 1.64. The first-order valence-electron chi connectivity index (χ1n) is 4.30. The second kappa shape index (κ2) is 2.60. The normalized spacial score (nSPS) is 11.1. The van der Waals surface area contributed by atoms with Crippen molar-refractivity contribution in [3.05, 3.63) is 38.3 Å². The monoisotopic (exact) mass is 193 g/mol. The fourth-order valence-corrected chi connectivity index (χ4v) is 1.46. The maximum atomic E-state index is 11.6. The molecule has 0 atom stereocenters. The quantitative estimate of drug-likeness (QED) is 0.637. The minimum atomic E-state index is -0.385. The molecule has 0 spiro atoms. The third kappa shape index (κ3) is 0.951. The summed E-state index contributed by atoms with van der Waals surface area (Å²) in [7, 11) is 1.45. The van der Waals surface area contributed by atoms with Crippen LogP contribution in [0.25, 0.3) is 5.65 Å². The van der Waals surface area contributed by atoms with E-state index in [2.05, 4.69) is 4.98 Å². The molecule has 0 aliphatic rings. The van der Waals surface area contributed by atoms with Crippen molar-refractivity contribution in [2.75, 3.05) is 0 Å². The van der Waals surface area contributed by atoms with E-state index in [0.717, 1.165) is 15.7 Å². The van der Waals surface area contributed by atoms with Gasteiger partial charge in [0.1, 0.15) is 5.65 Å². The Morgan fingerprint density at radius 1 is 1.29 bits per heavy atom. The molecule has 2 heterocycles. The van der Waals surface area contributed by atoms with E-state index in [1.54, 1.807) is 6.20 Å². The van der Waals surface area contributed by atoms with Crippen LogP contribution in [0.2, 0.25) is 0 Å². The average molecular weight is 193 g/mol. The summed E-state index contributed by atoms with van der Waals surface area (Å²) < 4.78 is 2.50. The van der Waals surface area contributed by atoms with E-state index < -0.39 is 0 Å². The molecular formula is C9H11N3O2. The van der Waals surface area contributed by atoms with Crippen LogP contribution >= 0.6 is 0 Å². The molecule has 14 heavy (non-hydrogen) atoms. The molecule has 0 saturated carbocycles. The first-order valence-corrected chi connectivity index (χ1v) is 4.30. The lowest BCUT2D eigenvalue weighted by Crippen LogP contribution is -2.36. The summed E-state index contributed by atoms with van der Waals surface area (Å²) in [4.78, 5) is 25.6. The number of aromatic nitrogens is 3. The summed E-state index contributed by atoms with van der Waals surface area (Å²) in [5.41, 5.74) is 1.79. The number of aryl methyl sites for hydroxylation is 2. The first kappa shape index (κ1) is 8.80. The highest BCUT2D eigenvalue weighted by atomic mass is 16.2. The Morgan fingerprint density at radius 3 is 2.57 bits per heavy atom. The van der Waals surface area contributed by atoms with Crippen molar-refractivity contribution < 1.29 is 0 Å². The summed E-state index contributed by atoms with van der Waals surface area (Å²) in [6.07, 6.45) is 1.73. The van der Waals surface area contributed by atoms with Crippen LogP contribution in [0.5, 0.6) is 0 Å². The highest BCUT2D eigenvalue weighted by molar-refractivity contribution is 5.51. The Hall–Kier alpha value is -1.78. The highest BCUT2D eigenvalue weighted by Crippen LogP contribution is 2.10. The molecule has 2 aromatic rings. The largest absolute Gasteiger partial charge is 0.337 e. The average Bonchev–Trinajstić information content (AvgIpc) is 2.42. The van der Waals surface area contributed by atoms with Gasteiger partial charge in [0.05, 0.1) is 0 Å². The van der Waals surface area contributed by atoms with Crippen LogP contribution in [0, 0.1) is 13.8 Å². The summed E-state index contributed by atoms with van der Waals surface area (Å²) in [6.45, 7) is 3.78. The summed E-state index contributed by atoms with van der Waals surface area (Å²) in [5.74, 6) is 0. The van der Waals surface area contributed by atoms with Gasteiger partial charge in [-0.05, 0) is 25.0 Å². The highest BCUT2D eigenvalue weighted by Gasteiger charge is 2.08. The van der Waals surface area contributed by atoms with E-state index in [1.807, 2.05) is 13.8 Å². The number of hydrogen-bond donors (Lipinski definition) is 1. The topological polar surface area (TPSA) is 59.3 Å². The van der Waals surface area contributed by atoms with E-state index in [4.69, 9.17) is 0 Å². The molecule has 2 aromatic heterocycles. The van der Waals surface area contributed by atoms with Crippen molar-refractivity contribution in [3.8, 4) is 0 Å². The van der Waals surface area contributed by atoms with Crippen LogP contribution in [0.4, 0.5) is 0 Å². The zero-order valence-electron chi connectivity index (χ0n) is 8.29. The van der Waals surface area contributed by atoms with Crippen molar-refractivity contribution in [1.29, 1.82) is 0 Å². The molecule has 0 fully saturated rings. The molecule has 0 saturated heterocycles. The third-order valence-electron chi connectivity index (χ3n) is 2.53. The van der Waals surface area contributed by atoms with Gasteiger partial charge in [-0.3, -0.25) is 9.38 Å². The van der Waals surface area contributed by atoms with Crippen molar-refractivity contribution in [2.45, 2.75) is 13.8 Å². The van der Waals surface area contributed by atoms with Gasteiger partial charge in [-0.15, -0.1) is 0 Å². The van der Waals surface area contributed by atoms with Gasteiger partial charge in [0, 0.05) is 13.2 Å². The molecule has 5 nitrogen and oxygen atoms in total. The van der Waals surface area contributed by atoms with E-state index in [0.29, 0.717) is 5.65 Å². The lowest BCUT2D eigenvalue weighted by atomic mass is 10.2. The minimum Gasteiger partial charge on any atom is -0.293 e. The molecule has 74 valence electrons. The second-order valence-electron chi connectivity index (χ2n) is 3.43. The standard InChI is InChI=1S/C9H11N3O2/c1-5-4-12-7(6(5)2)10-8(13)11(3)9(12)14/h4H,1-3H3,(H,10,13). The fourth-order valence-electron chi connectivity index (χ4n) is 1.46. The Balaban J connectivity index is 3.14. The van der Waals surface area contributed by atoms with Gasteiger partial charge in [0.15, 0.2) is 0 Å². The molecule has 0 bridgehead atoms. The second-order valence-corrected chi connectivity index (χ2v) is 3.43. The molecule has 0 aliphatic carbocycles. The molecule has 5 heteroatoms. The van der Waals surface area contributed by atoms with E-state index in [-0.39, 0.29) is 11.4 Å². The fraction of sp³-hybridized carbons (Fsp3) is 0.333. The SMILES string of the molecule is Cc1cn2c(=O)n(C)c(=O)[nH]c2c1C. The molecular weight excluding hydrogens is 182 g/mol. The lowest BCUT2D eigenvalue weighted by Gasteiger charge is -1.98. The number of aromatic amines is 1. The Labute approximate surface area is 79.6 Å². The zero-order chi connectivity index (χ0) is 10.5. The zero-order valence-corrected chi connectivity index (χ0v) is 8.29. The van der Waals surface area contributed by atoms with Crippen LogP contribution in [0.3, 0.4) is 0 Å². The van der Waals surface area contributed by atoms with Gasteiger partial charge >= 0.3 is 11.4 Å². The van der Waals surface area contributed by atoms with E-state index >= 15 is 0 Å². The molecule has 0 aromatic carbocycles. The van der Waals surface area contributed by atoms with Gasteiger partial charge in [0.2, 0.25) is 0 Å². The Bertz CT molecular complexity index is 615. The van der Waals surface area contributed by atoms with Gasteiger partial charge in [-0.25, -0.2) is 14.2 Å². The van der Waals surface area contributed by atoms with E-state index in [9.17, 15) is 9.59 Å². The van der Waals surface area contributed by atoms with Crippen LogP contribution in [-0.4, -0.2) is 14.0 Å². The first-order chi connectivity index (χ1) is 6.52. The molecule has 1 N–H and O–H groups in total. The van der Waals surface area contributed by atoms with Crippen molar-refractivity contribution in [2.24, 2.45) is 7.05 Å². The van der Waals surface area contributed by atoms with Gasteiger partial charge in [0.25, 0.3) is 0 Å². The number of hydrogen-bond acceptors (Lipinski definition) is 2. The lowest BCUT2D eigenvalue weighted by molar-refractivity contribution is 0.720. The predicted molar refractivity (Wildman–Crippen MR) is 52.7 cm³/mol. The predicted octanol–water partition coefficient (Wildman–Crippen LogP) is -0.0569. The van der Waals surface area contributed by atoms with E-state index in [1.165, 1.54) is 11.4 Å². The summed E-state index contributed by atoms with van der Waals surface area (Å²) in [6, 6.07) is 0. The molecule has 0 unspecified atom stereocenters. The van der Waals surface area contributed by atoms with Crippen molar-refractivity contribution in [3.63, 3.8) is 0 Å². The van der Waals surface area contributed by atoms with Gasteiger partial charge in [-0.1, -0.05) is 0 Å². The molecule has 0 aliphatic heterocycles. The molecule has 2 rings (SSSR count). The number of nitrogens with zero attached hydrogens (tertiary/aromatic N) is 2. The summed E-state index contributed by atoms with van der Waals surface area (Å²) in [5, 5.41) is 0. The number of H-pyrrole nitrogens is 1. The maximum absolute atomic E-state index is 11.6. The van der Waals surface area contributed by atoms with Crippen molar-refractivity contribution >= 4 is 5.65 Å². The maximum Gasteiger partial charge on any atom is 0.337 e. The Morgan fingerprint density at radius 2 is 1.93 bits per heavy atom. The number of nitrogens with one attached hydrogen (secondary N) is 1. The minimum absolute atomic E-state index is 0.319. The summed E-state index contributed by atoms with van der Waals surface area (Å²) >= 11 is 0. The van der Waals surface area contributed by atoms with Gasteiger partial charge < -0.3 is 0 Å². The van der Waals surface area contributed by atoms with Crippen LogP contribution in [-0.2, 0) is 7.05 Å². The molecule has 0 radical (unpaired) electrons. The van der Waals surface area contributed by atoms with Crippen LogP contribution < -0.4 is 11.4 Å². The molecule has 0 amide bonds. The number of fused-ring (bicyclic) bond motifs is 1. The smallest absolute Gasteiger partial charge is 0.293 e. The van der Waals surface area contributed by atoms with Gasteiger partial charge in [-0.2, -0.15) is 0 Å². The number of rotatable bonds is 0. The van der Waals surface area contributed by atoms with Crippen molar-refractivity contribution in [1.82, 2.24) is 14.0 Å². The van der Waals surface area contributed by atoms with Crippen LogP contribution in [0.15, 0.2) is 15.8 Å². The van der Waals surface area contributed by atoms with Crippen LogP contribution in [0.1, 0.15) is 11.1 Å².